The van der Waals surface area contributed by atoms with Gasteiger partial charge in [0.15, 0.2) is 0 Å². The summed E-state index contributed by atoms with van der Waals surface area (Å²) in [5.41, 5.74) is -0.326. The molecule has 0 spiro atoms. The number of nitrogens with zero attached hydrogens (tertiary/aromatic N) is 2. The number of aromatic carboxylic acids is 1. The zero-order chi connectivity index (χ0) is 13.3. The molecule has 0 aromatic carbocycles. The van der Waals surface area contributed by atoms with E-state index in [0.29, 0.717) is 0 Å². The Bertz CT molecular complexity index is 560. The fourth-order valence-electron chi connectivity index (χ4n) is 1.50. The third-order valence-corrected chi connectivity index (χ3v) is 3.00. The van der Waals surface area contributed by atoms with Crippen molar-refractivity contribution in [3.63, 3.8) is 0 Å². The van der Waals surface area contributed by atoms with Crippen LogP contribution in [0.1, 0.15) is 20.8 Å². The van der Waals surface area contributed by atoms with Crippen LogP contribution in [0.3, 0.4) is 0 Å². The van der Waals surface area contributed by atoms with Gasteiger partial charge in [0, 0.05) is 23.5 Å². The minimum absolute atomic E-state index is 0.168. The maximum atomic E-state index is 12.6. The number of carbonyl (C=O) groups is 1. The van der Waals surface area contributed by atoms with Crippen molar-refractivity contribution < 1.29 is 23.1 Å². The standard InChI is InChI=1S/C10H7F3N2O2S/c11-10(12,13)8-4-15(3-7(8)9(16)17)2-6-1-14-5-18-6/h1,3-5H,2H2,(H,16,17). The lowest BCUT2D eigenvalue weighted by molar-refractivity contribution is -0.138. The van der Waals surface area contributed by atoms with Gasteiger partial charge in [-0.15, -0.1) is 11.3 Å². The van der Waals surface area contributed by atoms with E-state index in [-0.39, 0.29) is 6.54 Å². The van der Waals surface area contributed by atoms with Crippen molar-refractivity contribution in [2.75, 3.05) is 0 Å². The first kappa shape index (κ1) is 12.6. The van der Waals surface area contributed by atoms with E-state index >= 15 is 0 Å². The minimum Gasteiger partial charge on any atom is -0.478 e. The molecule has 0 atom stereocenters. The van der Waals surface area contributed by atoms with Gasteiger partial charge >= 0.3 is 12.1 Å². The SMILES string of the molecule is O=C(O)c1cn(Cc2cncs2)cc1C(F)(F)F. The van der Waals surface area contributed by atoms with Gasteiger partial charge in [0.1, 0.15) is 0 Å². The molecule has 0 aliphatic rings. The average molecular weight is 276 g/mol. The third kappa shape index (κ3) is 2.53. The lowest BCUT2D eigenvalue weighted by Crippen LogP contribution is -2.09. The molecule has 0 saturated carbocycles. The largest absolute Gasteiger partial charge is 0.478 e. The van der Waals surface area contributed by atoms with Crippen molar-refractivity contribution in [3.8, 4) is 0 Å². The number of hydrogen-bond acceptors (Lipinski definition) is 3. The van der Waals surface area contributed by atoms with Crippen molar-refractivity contribution >= 4 is 17.3 Å². The van der Waals surface area contributed by atoms with Gasteiger partial charge in [-0.2, -0.15) is 13.2 Å². The highest BCUT2D eigenvalue weighted by atomic mass is 32.1. The van der Waals surface area contributed by atoms with E-state index in [1.54, 1.807) is 5.51 Å². The van der Waals surface area contributed by atoms with Gasteiger partial charge in [0.25, 0.3) is 0 Å². The molecular formula is C10H7F3N2O2S. The molecule has 2 aromatic heterocycles. The summed E-state index contributed by atoms with van der Waals surface area (Å²) >= 11 is 1.29. The summed E-state index contributed by atoms with van der Waals surface area (Å²) in [6.45, 7) is 0.168. The molecule has 0 radical (unpaired) electrons. The topological polar surface area (TPSA) is 55.1 Å². The van der Waals surface area contributed by atoms with Crippen LogP contribution in [-0.4, -0.2) is 20.6 Å². The Hall–Kier alpha value is -1.83. The Kier molecular flexibility index (Phi) is 3.12. The van der Waals surface area contributed by atoms with Crippen LogP contribution in [0.15, 0.2) is 24.1 Å². The van der Waals surface area contributed by atoms with Crippen LogP contribution in [0.5, 0.6) is 0 Å². The second kappa shape index (κ2) is 4.45. The summed E-state index contributed by atoms with van der Waals surface area (Å²) in [5, 5.41) is 8.75. The fraction of sp³-hybridized carbons (Fsp3) is 0.200. The first-order valence-electron chi connectivity index (χ1n) is 4.75. The molecule has 2 heterocycles. The predicted octanol–water partition coefficient (Wildman–Crippen LogP) is 2.71. The summed E-state index contributed by atoms with van der Waals surface area (Å²) in [7, 11) is 0. The highest BCUT2D eigenvalue weighted by molar-refractivity contribution is 7.09. The second-order valence-corrected chi connectivity index (χ2v) is 4.50. The molecule has 0 fully saturated rings. The van der Waals surface area contributed by atoms with Gasteiger partial charge in [-0.05, 0) is 0 Å². The molecule has 96 valence electrons. The third-order valence-electron chi connectivity index (χ3n) is 2.24. The van der Waals surface area contributed by atoms with Crippen LogP contribution in [0.2, 0.25) is 0 Å². The Morgan fingerprint density at radius 3 is 2.61 bits per heavy atom. The Balaban J connectivity index is 2.37. The molecule has 2 rings (SSSR count). The second-order valence-electron chi connectivity index (χ2n) is 3.53. The molecule has 2 aromatic rings. The van der Waals surface area contributed by atoms with Crippen LogP contribution < -0.4 is 0 Å². The number of carboxylic acid groups (broad SMARTS) is 1. The van der Waals surface area contributed by atoms with Crippen LogP contribution in [0.4, 0.5) is 13.2 Å². The lowest BCUT2D eigenvalue weighted by atomic mass is 10.2. The first-order valence-corrected chi connectivity index (χ1v) is 5.63. The first-order chi connectivity index (χ1) is 8.38. The smallest absolute Gasteiger partial charge is 0.418 e. The van der Waals surface area contributed by atoms with E-state index in [1.165, 1.54) is 22.1 Å². The van der Waals surface area contributed by atoms with Gasteiger partial charge in [0.05, 0.1) is 23.2 Å². The van der Waals surface area contributed by atoms with E-state index in [1.807, 2.05) is 0 Å². The molecule has 18 heavy (non-hydrogen) atoms. The van der Waals surface area contributed by atoms with Crippen LogP contribution in [0.25, 0.3) is 0 Å². The molecule has 8 heteroatoms. The van der Waals surface area contributed by atoms with E-state index in [0.717, 1.165) is 17.3 Å². The quantitative estimate of drug-likeness (QED) is 0.937. The molecule has 0 bridgehead atoms. The summed E-state index contributed by atoms with van der Waals surface area (Å²) in [6.07, 6.45) is -1.38. The molecular weight excluding hydrogens is 269 g/mol. The van der Waals surface area contributed by atoms with Crippen molar-refractivity contribution in [3.05, 3.63) is 40.1 Å². The molecule has 0 unspecified atom stereocenters. The Labute approximate surface area is 103 Å². The summed E-state index contributed by atoms with van der Waals surface area (Å²) < 4.78 is 39.0. The highest BCUT2D eigenvalue weighted by Gasteiger charge is 2.36. The van der Waals surface area contributed by atoms with Crippen LogP contribution >= 0.6 is 11.3 Å². The van der Waals surface area contributed by atoms with Gasteiger partial charge in [-0.1, -0.05) is 0 Å². The number of carboxylic acids is 1. The molecule has 1 N–H and O–H groups in total. The number of thiazole rings is 1. The van der Waals surface area contributed by atoms with Crippen molar-refractivity contribution in [2.24, 2.45) is 0 Å². The zero-order valence-corrected chi connectivity index (χ0v) is 9.63. The van der Waals surface area contributed by atoms with Crippen LogP contribution in [-0.2, 0) is 12.7 Å². The fourth-order valence-corrected chi connectivity index (χ4v) is 2.10. The number of alkyl halides is 3. The summed E-state index contributed by atoms with van der Waals surface area (Å²) in [6, 6.07) is 0. The van der Waals surface area contributed by atoms with E-state index in [9.17, 15) is 18.0 Å². The average Bonchev–Trinajstić information content (AvgIpc) is 2.85. The van der Waals surface area contributed by atoms with Crippen LogP contribution in [0, 0.1) is 0 Å². The monoisotopic (exact) mass is 276 g/mol. The maximum absolute atomic E-state index is 12.6. The normalized spacial score (nSPS) is 11.7. The minimum atomic E-state index is -4.67. The molecule has 0 saturated heterocycles. The molecule has 0 amide bonds. The number of aromatic nitrogens is 2. The summed E-state index contributed by atoms with van der Waals surface area (Å²) in [4.78, 5) is 15.3. The van der Waals surface area contributed by atoms with Gasteiger partial charge < -0.3 is 9.67 Å². The molecule has 0 aliphatic carbocycles. The highest BCUT2D eigenvalue weighted by Crippen LogP contribution is 2.33. The summed E-state index contributed by atoms with van der Waals surface area (Å²) in [5.74, 6) is -1.59. The molecule has 0 aliphatic heterocycles. The van der Waals surface area contributed by atoms with Gasteiger partial charge in [0.2, 0.25) is 0 Å². The number of rotatable bonds is 3. The van der Waals surface area contributed by atoms with Crippen molar-refractivity contribution in [1.82, 2.24) is 9.55 Å². The Morgan fingerprint density at radius 2 is 2.17 bits per heavy atom. The predicted molar refractivity (Wildman–Crippen MR) is 57.6 cm³/mol. The Morgan fingerprint density at radius 1 is 1.44 bits per heavy atom. The van der Waals surface area contributed by atoms with E-state index in [4.69, 9.17) is 5.11 Å². The lowest BCUT2D eigenvalue weighted by Gasteiger charge is -2.04. The van der Waals surface area contributed by atoms with Crippen molar-refractivity contribution in [1.29, 1.82) is 0 Å². The maximum Gasteiger partial charge on any atom is 0.418 e. The number of halogens is 3. The van der Waals surface area contributed by atoms with Gasteiger partial charge in [-0.25, -0.2) is 4.79 Å². The van der Waals surface area contributed by atoms with E-state index < -0.39 is 23.3 Å². The van der Waals surface area contributed by atoms with E-state index in [2.05, 4.69) is 4.98 Å². The zero-order valence-electron chi connectivity index (χ0n) is 8.81. The van der Waals surface area contributed by atoms with Gasteiger partial charge in [-0.3, -0.25) is 4.98 Å². The molecule has 4 nitrogen and oxygen atoms in total. The number of hydrogen-bond donors (Lipinski definition) is 1. The van der Waals surface area contributed by atoms with Crippen molar-refractivity contribution in [2.45, 2.75) is 12.7 Å².